The Bertz CT molecular complexity index is 270. The van der Waals surface area contributed by atoms with Gasteiger partial charge < -0.3 is 4.90 Å². The van der Waals surface area contributed by atoms with E-state index in [0.717, 1.165) is 24.6 Å². The maximum Gasteiger partial charge on any atom is 0.0396 e. The van der Waals surface area contributed by atoms with Crippen LogP contribution < -0.4 is 4.90 Å². The van der Waals surface area contributed by atoms with Crippen molar-refractivity contribution < 1.29 is 0 Å². The van der Waals surface area contributed by atoms with Crippen molar-refractivity contribution >= 4 is 30.9 Å². The average molecular weight is 227 g/mol. The molecule has 0 N–H and O–H groups in total. The molecule has 0 saturated carbocycles. The number of benzene rings is 1. The first-order valence-electron chi connectivity index (χ1n) is 4.82. The quantitative estimate of drug-likeness (QED) is 0.732. The van der Waals surface area contributed by atoms with E-state index in [2.05, 4.69) is 61.3 Å². The minimum absolute atomic E-state index is 0.877. The Morgan fingerprint density at radius 1 is 1.07 bits per heavy atom. The summed E-state index contributed by atoms with van der Waals surface area (Å²) in [5.41, 5.74) is 2.62. The molecule has 0 spiro atoms. The average Bonchev–Trinajstić information content (AvgIpc) is 2.18. The Labute approximate surface area is 97.3 Å². The van der Waals surface area contributed by atoms with Gasteiger partial charge in [-0.25, -0.2) is 0 Å². The molecule has 0 heterocycles. The Morgan fingerprint density at radius 3 is 2.14 bits per heavy atom. The van der Waals surface area contributed by atoms with E-state index in [4.69, 9.17) is 0 Å². The van der Waals surface area contributed by atoms with Gasteiger partial charge in [-0.1, -0.05) is 18.2 Å². The third-order valence-corrected chi connectivity index (χ3v) is 2.60. The molecule has 1 aromatic rings. The predicted molar refractivity (Wildman–Crippen MR) is 71.1 cm³/mol. The van der Waals surface area contributed by atoms with Gasteiger partial charge in [-0.05, 0) is 18.6 Å². The lowest BCUT2D eigenvalue weighted by Gasteiger charge is -2.24. The summed E-state index contributed by atoms with van der Waals surface area (Å²) in [6.07, 6.45) is 0. The van der Waals surface area contributed by atoms with Crippen LogP contribution >= 0.6 is 25.3 Å². The van der Waals surface area contributed by atoms with Gasteiger partial charge in [-0.15, -0.1) is 0 Å². The molecule has 1 aromatic carbocycles. The van der Waals surface area contributed by atoms with Crippen LogP contribution in [0.1, 0.15) is 5.56 Å². The van der Waals surface area contributed by atoms with E-state index in [1.807, 2.05) is 0 Å². The monoisotopic (exact) mass is 227 g/mol. The molecule has 0 atom stereocenters. The van der Waals surface area contributed by atoms with Gasteiger partial charge >= 0.3 is 0 Å². The SMILES string of the molecule is Cc1ccccc1N(CCS)CCS. The number of hydrogen-bond acceptors (Lipinski definition) is 3. The van der Waals surface area contributed by atoms with Gasteiger partial charge in [-0.2, -0.15) is 25.3 Å². The van der Waals surface area contributed by atoms with Crippen LogP contribution in [0.4, 0.5) is 5.69 Å². The van der Waals surface area contributed by atoms with Crippen molar-refractivity contribution in [3.8, 4) is 0 Å². The van der Waals surface area contributed by atoms with Crippen LogP contribution in [0.25, 0.3) is 0 Å². The van der Waals surface area contributed by atoms with Crippen LogP contribution in [0.2, 0.25) is 0 Å². The Morgan fingerprint density at radius 2 is 1.64 bits per heavy atom. The van der Waals surface area contributed by atoms with Crippen molar-refractivity contribution in [1.29, 1.82) is 0 Å². The van der Waals surface area contributed by atoms with Crippen molar-refractivity contribution in [1.82, 2.24) is 0 Å². The van der Waals surface area contributed by atoms with Crippen LogP contribution in [0, 0.1) is 6.92 Å². The lowest BCUT2D eigenvalue weighted by molar-refractivity contribution is 0.877. The van der Waals surface area contributed by atoms with Gasteiger partial charge in [-0.3, -0.25) is 0 Å². The minimum atomic E-state index is 0.877. The third kappa shape index (κ3) is 3.14. The zero-order chi connectivity index (χ0) is 10.4. The summed E-state index contributed by atoms with van der Waals surface area (Å²) in [6, 6.07) is 8.44. The summed E-state index contributed by atoms with van der Waals surface area (Å²) < 4.78 is 0. The van der Waals surface area contributed by atoms with Crippen molar-refractivity contribution in [3.63, 3.8) is 0 Å². The Balaban J connectivity index is 2.81. The molecule has 0 bridgehead atoms. The summed E-state index contributed by atoms with van der Waals surface area (Å²) >= 11 is 8.54. The lowest BCUT2D eigenvalue weighted by atomic mass is 10.2. The second kappa shape index (κ2) is 6.25. The molecule has 0 unspecified atom stereocenters. The Kier molecular flexibility index (Phi) is 5.26. The number of rotatable bonds is 5. The normalized spacial score (nSPS) is 10.2. The highest BCUT2D eigenvalue weighted by molar-refractivity contribution is 7.80. The molecular weight excluding hydrogens is 210 g/mol. The number of anilines is 1. The molecule has 78 valence electrons. The summed E-state index contributed by atoms with van der Waals surface area (Å²) in [5, 5.41) is 0. The van der Waals surface area contributed by atoms with E-state index < -0.39 is 0 Å². The van der Waals surface area contributed by atoms with Crippen molar-refractivity contribution in [3.05, 3.63) is 29.8 Å². The highest BCUT2D eigenvalue weighted by atomic mass is 32.1. The van der Waals surface area contributed by atoms with Crippen molar-refractivity contribution in [2.45, 2.75) is 6.92 Å². The second-order valence-corrected chi connectivity index (χ2v) is 4.12. The van der Waals surface area contributed by atoms with Gasteiger partial charge in [0.1, 0.15) is 0 Å². The van der Waals surface area contributed by atoms with Crippen molar-refractivity contribution in [2.75, 3.05) is 29.5 Å². The first-order chi connectivity index (χ1) is 6.79. The number of hydrogen-bond donors (Lipinski definition) is 2. The smallest absolute Gasteiger partial charge is 0.0396 e. The number of thiol groups is 2. The third-order valence-electron chi connectivity index (χ3n) is 2.20. The lowest BCUT2D eigenvalue weighted by Crippen LogP contribution is -2.28. The molecule has 0 radical (unpaired) electrons. The zero-order valence-corrected chi connectivity index (χ0v) is 10.3. The minimum Gasteiger partial charge on any atom is -0.370 e. The number of para-hydroxylation sites is 1. The molecule has 1 nitrogen and oxygen atoms in total. The molecule has 0 aromatic heterocycles. The first-order valence-corrected chi connectivity index (χ1v) is 6.08. The first kappa shape index (κ1) is 11.8. The molecule has 3 heteroatoms. The summed E-state index contributed by atoms with van der Waals surface area (Å²) in [5.74, 6) is 1.75. The fourth-order valence-corrected chi connectivity index (χ4v) is 2.00. The van der Waals surface area contributed by atoms with Gasteiger partial charge in [0.15, 0.2) is 0 Å². The molecule has 0 amide bonds. The Hall–Kier alpha value is -0.280. The van der Waals surface area contributed by atoms with Gasteiger partial charge in [0.25, 0.3) is 0 Å². The molecule has 0 fully saturated rings. The standard InChI is InChI=1S/C11H17NS2/c1-10-4-2-3-5-11(10)12(6-8-13)7-9-14/h2-5,13-14H,6-9H2,1H3. The summed E-state index contributed by atoms with van der Waals surface area (Å²) in [6.45, 7) is 4.10. The van der Waals surface area contributed by atoms with E-state index in [9.17, 15) is 0 Å². The molecule has 1 rings (SSSR count). The molecule has 14 heavy (non-hydrogen) atoms. The van der Waals surface area contributed by atoms with Crippen molar-refractivity contribution in [2.24, 2.45) is 0 Å². The fourth-order valence-electron chi connectivity index (χ4n) is 1.51. The summed E-state index contributed by atoms with van der Waals surface area (Å²) in [4.78, 5) is 2.33. The molecule has 0 saturated heterocycles. The van der Waals surface area contributed by atoms with Crippen LogP contribution in [0.5, 0.6) is 0 Å². The highest BCUT2D eigenvalue weighted by Gasteiger charge is 2.06. The number of aryl methyl sites for hydroxylation is 1. The second-order valence-electron chi connectivity index (χ2n) is 3.22. The zero-order valence-electron chi connectivity index (χ0n) is 8.48. The fraction of sp³-hybridized carbons (Fsp3) is 0.455. The van der Waals surface area contributed by atoms with Crippen LogP contribution in [-0.2, 0) is 0 Å². The van der Waals surface area contributed by atoms with Crippen LogP contribution in [0.15, 0.2) is 24.3 Å². The van der Waals surface area contributed by atoms with E-state index in [-0.39, 0.29) is 0 Å². The highest BCUT2D eigenvalue weighted by Crippen LogP contribution is 2.18. The largest absolute Gasteiger partial charge is 0.370 e. The number of nitrogens with zero attached hydrogens (tertiary/aromatic N) is 1. The summed E-state index contributed by atoms with van der Waals surface area (Å²) in [7, 11) is 0. The van der Waals surface area contributed by atoms with Gasteiger partial charge in [0, 0.05) is 30.3 Å². The predicted octanol–water partition coefficient (Wildman–Crippen LogP) is 2.66. The molecular formula is C11H17NS2. The van der Waals surface area contributed by atoms with E-state index >= 15 is 0 Å². The van der Waals surface area contributed by atoms with E-state index in [1.54, 1.807) is 0 Å². The molecule has 0 aliphatic carbocycles. The molecule has 0 aliphatic heterocycles. The van der Waals surface area contributed by atoms with E-state index in [0.29, 0.717) is 0 Å². The van der Waals surface area contributed by atoms with Crippen LogP contribution in [0.3, 0.4) is 0 Å². The maximum atomic E-state index is 4.27. The topological polar surface area (TPSA) is 3.24 Å². The van der Waals surface area contributed by atoms with E-state index in [1.165, 1.54) is 11.3 Å². The van der Waals surface area contributed by atoms with Gasteiger partial charge in [0.05, 0.1) is 0 Å². The van der Waals surface area contributed by atoms with Crippen LogP contribution in [-0.4, -0.2) is 24.6 Å². The molecule has 0 aliphatic rings. The van der Waals surface area contributed by atoms with Gasteiger partial charge in [0.2, 0.25) is 0 Å². The maximum absolute atomic E-state index is 4.27.